The van der Waals surface area contributed by atoms with Gasteiger partial charge in [-0.1, -0.05) is 85.5 Å². The lowest BCUT2D eigenvalue weighted by atomic mass is 10.0. The summed E-state index contributed by atoms with van der Waals surface area (Å²) < 4.78 is 80.7. The minimum atomic E-state index is -0.970. The Morgan fingerprint density at radius 2 is 1.00 bits per heavy atom. The van der Waals surface area contributed by atoms with Crippen LogP contribution in [0.15, 0.2) is 76.7 Å². The SMILES string of the molecule is C#Cc1ccc(-c2ccc(F)c(F)c2)cc1F.CCCCc1nnc(Br)s1.CCCCc1nnc(C#Cc2ccc(-c3ccc(F)c(F)c3)cc2F)s1. The third-order valence-corrected chi connectivity index (χ3v) is 9.62. The molecule has 4 nitrogen and oxygen atoms in total. The Kier molecular flexibility index (Phi) is 15.8. The average Bonchev–Trinajstić information content (AvgIpc) is 3.80. The van der Waals surface area contributed by atoms with Crippen molar-refractivity contribution in [1.29, 1.82) is 0 Å². The summed E-state index contributed by atoms with van der Waals surface area (Å²) in [4.78, 5) is 0. The number of nitrogens with zero attached hydrogens (tertiary/aromatic N) is 4. The van der Waals surface area contributed by atoms with Gasteiger partial charge in [0, 0.05) is 12.8 Å². The van der Waals surface area contributed by atoms with Gasteiger partial charge in [-0.25, -0.2) is 26.3 Å². The monoisotopic (exact) mass is 824 g/mol. The van der Waals surface area contributed by atoms with E-state index in [1.165, 1.54) is 60.6 Å². The van der Waals surface area contributed by atoms with Crippen LogP contribution < -0.4 is 0 Å². The Morgan fingerprint density at radius 1 is 0.547 bits per heavy atom. The van der Waals surface area contributed by atoms with Gasteiger partial charge in [-0.15, -0.1) is 26.8 Å². The lowest BCUT2D eigenvalue weighted by molar-refractivity contribution is 0.509. The first-order chi connectivity index (χ1) is 25.5. The van der Waals surface area contributed by atoms with Crippen LogP contribution in [0.3, 0.4) is 0 Å². The highest BCUT2D eigenvalue weighted by molar-refractivity contribution is 9.11. The average molecular weight is 826 g/mol. The number of unbranched alkanes of at least 4 members (excludes halogenated alkanes) is 2. The van der Waals surface area contributed by atoms with E-state index in [1.807, 2.05) is 0 Å². The molecule has 53 heavy (non-hydrogen) atoms. The van der Waals surface area contributed by atoms with E-state index in [1.54, 1.807) is 23.5 Å². The summed E-state index contributed by atoms with van der Waals surface area (Å²) in [6.07, 6.45) is 11.6. The zero-order valence-corrected chi connectivity index (χ0v) is 31.7. The van der Waals surface area contributed by atoms with E-state index in [4.69, 9.17) is 6.42 Å². The molecule has 0 spiro atoms. The number of terminal acetylenes is 1. The highest BCUT2D eigenvalue weighted by Gasteiger charge is 2.09. The molecule has 2 heterocycles. The van der Waals surface area contributed by atoms with Crippen molar-refractivity contribution in [2.45, 2.75) is 52.4 Å². The summed E-state index contributed by atoms with van der Waals surface area (Å²) >= 11 is 6.30. The van der Waals surface area contributed by atoms with E-state index in [0.717, 1.165) is 63.9 Å². The quantitative estimate of drug-likeness (QED) is 0.113. The van der Waals surface area contributed by atoms with Crippen molar-refractivity contribution >= 4 is 38.6 Å². The van der Waals surface area contributed by atoms with E-state index in [0.29, 0.717) is 27.3 Å². The molecule has 0 bridgehead atoms. The highest BCUT2D eigenvalue weighted by atomic mass is 79.9. The predicted molar refractivity (Wildman–Crippen MR) is 202 cm³/mol. The van der Waals surface area contributed by atoms with Crippen molar-refractivity contribution in [3.05, 3.63) is 138 Å². The van der Waals surface area contributed by atoms with Crippen LogP contribution in [-0.2, 0) is 12.8 Å². The summed E-state index contributed by atoms with van der Waals surface area (Å²) in [7, 11) is 0. The Balaban J connectivity index is 0.000000198. The maximum atomic E-state index is 14.3. The summed E-state index contributed by atoms with van der Waals surface area (Å²) in [5.41, 5.74) is 2.03. The van der Waals surface area contributed by atoms with Crippen molar-refractivity contribution in [3.8, 4) is 46.4 Å². The first kappa shape index (κ1) is 40.9. The first-order valence-electron chi connectivity index (χ1n) is 16.3. The van der Waals surface area contributed by atoms with Gasteiger partial charge in [-0.2, -0.15) is 0 Å². The molecule has 6 rings (SSSR count). The zero-order chi connectivity index (χ0) is 38.3. The predicted octanol–water partition coefficient (Wildman–Crippen LogP) is 11.8. The molecule has 0 saturated carbocycles. The third-order valence-electron chi connectivity index (χ3n) is 7.30. The van der Waals surface area contributed by atoms with Crippen LogP contribution in [0.25, 0.3) is 22.3 Å². The minimum absolute atomic E-state index is 0.135. The molecule has 0 aliphatic carbocycles. The van der Waals surface area contributed by atoms with Crippen molar-refractivity contribution in [2.24, 2.45) is 0 Å². The molecule has 272 valence electrons. The fraction of sp³-hybridized carbons (Fsp3) is 0.200. The van der Waals surface area contributed by atoms with E-state index >= 15 is 0 Å². The van der Waals surface area contributed by atoms with Crippen LogP contribution >= 0.6 is 38.6 Å². The highest BCUT2D eigenvalue weighted by Crippen LogP contribution is 2.25. The molecular formula is C40H31BrF6N4S2. The molecule has 0 amide bonds. The lowest BCUT2D eigenvalue weighted by Gasteiger charge is -2.04. The zero-order valence-electron chi connectivity index (χ0n) is 28.5. The Morgan fingerprint density at radius 3 is 1.43 bits per heavy atom. The smallest absolute Gasteiger partial charge is 0.191 e. The molecule has 2 aromatic heterocycles. The maximum Gasteiger partial charge on any atom is 0.191 e. The van der Waals surface area contributed by atoms with Gasteiger partial charge in [-0.3, -0.25) is 0 Å². The molecule has 0 fully saturated rings. The second-order valence-electron chi connectivity index (χ2n) is 11.2. The van der Waals surface area contributed by atoms with Gasteiger partial charge in [0.05, 0.1) is 11.1 Å². The minimum Gasteiger partial charge on any atom is -0.206 e. The summed E-state index contributed by atoms with van der Waals surface area (Å²) in [5, 5.41) is 18.5. The van der Waals surface area contributed by atoms with Crippen molar-refractivity contribution in [1.82, 2.24) is 20.4 Å². The summed E-state index contributed by atoms with van der Waals surface area (Å²) in [5.74, 6) is 2.85. The number of rotatable bonds is 8. The van der Waals surface area contributed by atoms with E-state index in [2.05, 4.69) is 67.9 Å². The van der Waals surface area contributed by atoms with Crippen LogP contribution in [0.5, 0.6) is 0 Å². The molecule has 0 N–H and O–H groups in total. The van der Waals surface area contributed by atoms with Gasteiger partial charge in [0.25, 0.3) is 0 Å². The molecule has 13 heteroatoms. The molecule has 0 saturated heterocycles. The van der Waals surface area contributed by atoms with Gasteiger partial charge in [0.15, 0.2) is 32.2 Å². The topological polar surface area (TPSA) is 51.6 Å². The van der Waals surface area contributed by atoms with Gasteiger partial charge < -0.3 is 0 Å². The summed E-state index contributed by atoms with van der Waals surface area (Å²) in [6, 6.07) is 15.4. The van der Waals surface area contributed by atoms with Crippen LogP contribution in [0.4, 0.5) is 26.3 Å². The van der Waals surface area contributed by atoms with Gasteiger partial charge in [0.1, 0.15) is 21.6 Å². The van der Waals surface area contributed by atoms with Gasteiger partial charge in [-0.05, 0) is 105 Å². The van der Waals surface area contributed by atoms with Crippen LogP contribution in [0.1, 0.15) is 65.7 Å². The molecule has 0 atom stereocenters. The Bertz CT molecular complexity index is 2250. The Labute approximate surface area is 320 Å². The standard InChI is InChI=1S/C20H15F3N2S.C14H7F3.C6H9BrN2S/c1-2-3-4-19-24-25-20(26-19)10-8-13-5-6-14(11-17(13)22)15-7-9-16(21)18(23)12-15;1-2-9-3-4-10(7-13(9)16)11-5-6-12(15)14(17)8-11;1-2-3-4-5-8-9-6(7)10-5/h5-7,9,11-12H,2-4H2,1H3;1,3-8H;2-4H2,1H3. The number of hydrogen-bond donors (Lipinski definition) is 0. The molecule has 0 aliphatic heterocycles. The van der Waals surface area contributed by atoms with E-state index in [9.17, 15) is 26.3 Å². The molecular weight excluding hydrogens is 794 g/mol. The molecule has 6 aromatic rings. The molecule has 0 unspecified atom stereocenters. The van der Waals surface area contributed by atoms with Gasteiger partial charge in [0.2, 0.25) is 0 Å². The van der Waals surface area contributed by atoms with Crippen LogP contribution in [0.2, 0.25) is 0 Å². The fourth-order valence-corrected chi connectivity index (χ4v) is 6.45. The van der Waals surface area contributed by atoms with E-state index < -0.39 is 34.9 Å². The second-order valence-corrected chi connectivity index (χ2v) is 14.6. The van der Waals surface area contributed by atoms with Crippen molar-refractivity contribution in [2.75, 3.05) is 0 Å². The number of aromatic nitrogens is 4. The van der Waals surface area contributed by atoms with Crippen molar-refractivity contribution in [3.63, 3.8) is 0 Å². The largest absolute Gasteiger partial charge is 0.206 e. The second kappa shape index (κ2) is 20.4. The van der Waals surface area contributed by atoms with Crippen LogP contribution in [-0.4, -0.2) is 20.4 Å². The molecule has 0 radical (unpaired) electrons. The van der Waals surface area contributed by atoms with E-state index in [-0.39, 0.29) is 11.1 Å². The Hall–Kier alpha value is -4.82. The summed E-state index contributed by atoms with van der Waals surface area (Å²) in [6.45, 7) is 4.28. The van der Waals surface area contributed by atoms with Gasteiger partial charge >= 0.3 is 0 Å². The number of hydrogen-bond acceptors (Lipinski definition) is 6. The maximum absolute atomic E-state index is 14.3. The third kappa shape index (κ3) is 12.4. The van der Waals surface area contributed by atoms with Crippen LogP contribution in [0, 0.1) is 59.1 Å². The fourth-order valence-electron chi connectivity index (χ4n) is 4.48. The first-order valence-corrected chi connectivity index (χ1v) is 18.7. The molecule has 0 aliphatic rings. The van der Waals surface area contributed by atoms with Crippen molar-refractivity contribution < 1.29 is 26.3 Å². The number of aryl methyl sites for hydroxylation is 2. The number of benzene rings is 4. The lowest BCUT2D eigenvalue weighted by Crippen LogP contribution is -1.89. The number of halogens is 7. The molecule has 4 aromatic carbocycles. The normalized spacial score (nSPS) is 10.3.